The van der Waals surface area contributed by atoms with Crippen molar-refractivity contribution in [3.63, 3.8) is 0 Å². The van der Waals surface area contributed by atoms with Crippen molar-refractivity contribution in [2.75, 3.05) is 45.9 Å². The first-order chi connectivity index (χ1) is 15.5. The van der Waals surface area contributed by atoms with E-state index in [1.54, 1.807) is 44.6 Å². The normalized spacial score (nSPS) is 13.1. The highest BCUT2D eigenvalue weighted by atomic mass is 32.2. The summed E-state index contributed by atoms with van der Waals surface area (Å²) >= 11 is 0. The van der Waals surface area contributed by atoms with E-state index in [1.165, 1.54) is 12.1 Å². The van der Waals surface area contributed by atoms with Crippen molar-refractivity contribution >= 4 is 15.7 Å². The molecule has 0 bridgehead atoms. The zero-order valence-electron chi connectivity index (χ0n) is 17.8. The van der Waals surface area contributed by atoms with Gasteiger partial charge in [0.1, 0.15) is 19.0 Å². The maximum Gasteiger partial charge on any atom is 0.233 e. The fraction of sp³-hybridized carbons (Fsp3) is 0.318. The molecule has 0 spiro atoms. The van der Waals surface area contributed by atoms with Crippen molar-refractivity contribution in [1.82, 2.24) is 4.98 Å². The lowest BCUT2D eigenvalue weighted by molar-refractivity contribution is 0.171. The van der Waals surface area contributed by atoms with Crippen LogP contribution in [0.25, 0.3) is 11.5 Å². The average Bonchev–Trinajstić information content (AvgIpc) is 3.26. The Morgan fingerprint density at radius 3 is 2.50 bits per heavy atom. The Bertz CT molecular complexity index is 1170. The molecule has 2 heterocycles. The van der Waals surface area contributed by atoms with Gasteiger partial charge < -0.3 is 28.7 Å². The second kappa shape index (κ2) is 9.49. The van der Waals surface area contributed by atoms with E-state index in [9.17, 15) is 8.42 Å². The van der Waals surface area contributed by atoms with Crippen LogP contribution in [0.1, 0.15) is 6.42 Å². The van der Waals surface area contributed by atoms with Gasteiger partial charge in [-0.1, -0.05) is 0 Å². The monoisotopic (exact) mass is 460 g/mol. The molecule has 170 valence electrons. The number of rotatable bonds is 9. The minimum Gasteiger partial charge on any atom is -0.497 e. The maximum absolute atomic E-state index is 13.5. The molecule has 4 rings (SSSR count). The molecule has 0 unspecified atom stereocenters. The number of ether oxygens (including phenoxy) is 4. The van der Waals surface area contributed by atoms with Gasteiger partial charge in [-0.05, 0) is 42.8 Å². The Hall–Kier alpha value is -3.24. The summed E-state index contributed by atoms with van der Waals surface area (Å²) in [4.78, 5) is 4.37. The predicted octanol–water partition coefficient (Wildman–Crippen LogP) is 3.40. The molecule has 0 radical (unpaired) electrons. The minimum absolute atomic E-state index is 0.0382. The molecule has 0 amide bonds. The summed E-state index contributed by atoms with van der Waals surface area (Å²) in [7, 11) is -0.830. The molecule has 1 aliphatic heterocycles. The van der Waals surface area contributed by atoms with E-state index < -0.39 is 9.84 Å². The maximum atomic E-state index is 13.5. The molecule has 0 saturated heterocycles. The van der Waals surface area contributed by atoms with E-state index >= 15 is 0 Å². The lowest BCUT2D eigenvalue weighted by Crippen LogP contribution is -2.16. The second-order valence-electron chi connectivity index (χ2n) is 6.96. The van der Waals surface area contributed by atoms with Crippen LogP contribution < -0.4 is 19.5 Å². The average molecular weight is 461 g/mol. The van der Waals surface area contributed by atoms with Gasteiger partial charge in [-0.25, -0.2) is 8.42 Å². The van der Waals surface area contributed by atoms with Crippen LogP contribution in [-0.2, 0) is 14.6 Å². The summed E-state index contributed by atoms with van der Waals surface area (Å²) < 4.78 is 54.0. The fourth-order valence-corrected chi connectivity index (χ4v) is 4.47. The van der Waals surface area contributed by atoms with Gasteiger partial charge in [0, 0.05) is 31.9 Å². The third-order valence-electron chi connectivity index (χ3n) is 4.82. The molecular weight excluding hydrogens is 436 g/mol. The first-order valence-corrected chi connectivity index (χ1v) is 11.5. The van der Waals surface area contributed by atoms with E-state index in [-0.39, 0.29) is 21.7 Å². The van der Waals surface area contributed by atoms with Crippen molar-refractivity contribution in [3.8, 4) is 28.7 Å². The van der Waals surface area contributed by atoms with Crippen LogP contribution in [-0.4, -0.2) is 54.0 Å². The number of fused-ring (bicyclic) bond motifs is 1. The first-order valence-electron chi connectivity index (χ1n) is 10.1. The van der Waals surface area contributed by atoms with Crippen LogP contribution in [0.3, 0.4) is 0 Å². The summed E-state index contributed by atoms with van der Waals surface area (Å²) in [6, 6.07) is 11.5. The van der Waals surface area contributed by atoms with Gasteiger partial charge in [-0.3, -0.25) is 0 Å². The number of hydrogen-bond donors (Lipinski definition) is 1. The summed E-state index contributed by atoms with van der Waals surface area (Å²) in [5.41, 5.74) is 0.620. The van der Waals surface area contributed by atoms with E-state index in [0.717, 1.165) is 0 Å². The number of hydrogen-bond acceptors (Lipinski definition) is 9. The van der Waals surface area contributed by atoms with Gasteiger partial charge in [0.05, 0.1) is 12.0 Å². The number of benzene rings is 2. The van der Waals surface area contributed by atoms with E-state index in [1.807, 2.05) is 0 Å². The molecule has 0 aliphatic carbocycles. The summed E-state index contributed by atoms with van der Waals surface area (Å²) in [5, 5.41) is 2.83. The van der Waals surface area contributed by atoms with Crippen LogP contribution in [0.4, 0.5) is 5.88 Å². The van der Waals surface area contributed by atoms with Gasteiger partial charge in [0.15, 0.2) is 11.5 Å². The van der Waals surface area contributed by atoms with Crippen molar-refractivity contribution < 1.29 is 31.8 Å². The van der Waals surface area contributed by atoms with Gasteiger partial charge in [0.25, 0.3) is 0 Å². The molecule has 1 aliphatic rings. The Labute approximate surface area is 186 Å². The minimum atomic E-state index is -4.00. The van der Waals surface area contributed by atoms with Crippen LogP contribution in [0, 0.1) is 0 Å². The highest BCUT2D eigenvalue weighted by molar-refractivity contribution is 7.91. The van der Waals surface area contributed by atoms with Gasteiger partial charge in [0.2, 0.25) is 26.6 Å². The van der Waals surface area contributed by atoms with Crippen molar-refractivity contribution in [2.45, 2.75) is 16.3 Å². The Morgan fingerprint density at radius 2 is 1.78 bits per heavy atom. The van der Waals surface area contributed by atoms with E-state index in [4.69, 9.17) is 23.4 Å². The molecule has 2 aromatic carbocycles. The summed E-state index contributed by atoms with van der Waals surface area (Å²) in [6.07, 6.45) is 0.665. The fourth-order valence-electron chi connectivity index (χ4n) is 3.18. The molecule has 3 aromatic rings. The standard InChI is InChI=1S/C22H24N2O7S/c1-27-11-3-10-23-21-22(24-20(31-21)15-4-6-16(28-2)7-5-15)32(25,26)17-8-9-18-19(14-17)30-13-12-29-18/h4-9,14,23H,3,10-13H2,1-2H3. The largest absolute Gasteiger partial charge is 0.497 e. The zero-order valence-corrected chi connectivity index (χ0v) is 18.6. The number of aromatic nitrogens is 1. The molecule has 1 aromatic heterocycles. The molecule has 0 atom stereocenters. The smallest absolute Gasteiger partial charge is 0.233 e. The Balaban J connectivity index is 1.72. The van der Waals surface area contributed by atoms with E-state index in [2.05, 4.69) is 10.3 Å². The van der Waals surface area contributed by atoms with Crippen LogP contribution in [0.2, 0.25) is 0 Å². The highest BCUT2D eigenvalue weighted by Crippen LogP contribution is 2.37. The van der Waals surface area contributed by atoms with Gasteiger partial charge >= 0.3 is 0 Å². The number of nitrogens with zero attached hydrogens (tertiary/aromatic N) is 1. The number of nitrogens with one attached hydrogen (secondary N) is 1. The molecule has 9 nitrogen and oxygen atoms in total. The lowest BCUT2D eigenvalue weighted by Gasteiger charge is -2.18. The second-order valence-corrected chi connectivity index (χ2v) is 8.83. The topological polar surface area (TPSA) is 109 Å². The lowest BCUT2D eigenvalue weighted by atomic mass is 10.2. The van der Waals surface area contributed by atoms with E-state index in [0.29, 0.717) is 55.6 Å². The van der Waals surface area contributed by atoms with Crippen LogP contribution >= 0.6 is 0 Å². The molecular formula is C22H24N2O7S. The molecule has 0 fully saturated rings. The third-order valence-corrected chi connectivity index (χ3v) is 6.48. The quantitative estimate of drug-likeness (QED) is 0.481. The van der Waals surface area contributed by atoms with Crippen molar-refractivity contribution in [2.24, 2.45) is 0 Å². The number of oxazole rings is 1. The molecule has 10 heteroatoms. The van der Waals surface area contributed by atoms with Gasteiger partial charge in [-0.2, -0.15) is 4.98 Å². The predicted molar refractivity (Wildman–Crippen MR) is 116 cm³/mol. The highest BCUT2D eigenvalue weighted by Gasteiger charge is 2.30. The number of methoxy groups -OCH3 is 2. The molecule has 32 heavy (non-hydrogen) atoms. The van der Waals surface area contributed by atoms with Gasteiger partial charge in [-0.15, -0.1) is 0 Å². The SMILES string of the molecule is COCCCNc1oc(-c2ccc(OC)cc2)nc1S(=O)(=O)c1ccc2c(c1)OCCO2. The number of sulfone groups is 1. The molecule has 1 N–H and O–H groups in total. The zero-order chi connectivity index (χ0) is 22.6. The van der Waals surface area contributed by atoms with Crippen LogP contribution in [0.5, 0.6) is 17.2 Å². The Kier molecular flexibility index (Phi) is 6.52. The molecule has 0 saturated carbocycles. The third kappa shape index (κ3) is 4.51. The van der Waals surface area contributed by atoms with Crippen molar-refractivity contribution in [1.29, 1.82) is 0 Å². The summed E-state index contributed by atoms with van der Waals surface area (Å²) in [6.45, 7) is 1.75. The first kappa shape index (κ1) is 22.0. The van der Waals surface area contributed by atoms with Crippen LogP contribution in [0.15, 0.2) is 56.8 Å². The summed E-state index contributed by atoms with van der Waals surface area (Å²) in [5.74, 6) is 1.81. The Morgan fingerprint density at radius 1 is 1.03 bits per heavy atom. The van der Waals surface area contributed by atoms with Crippen molar-refractivity contribution in [3.05, 3.63) is 42.5 Å². The number of anilines is 1.